The lowest BCUT2D eigenvalue weighted by molar-refractivity contribution is -0.145. The summed E-state index contributed by atoms with van der Waals surface area (Å²) in [6, 6.07) is 13.9. The predicted molar refractivity (Wildman–Crippen MR) is 119 cm³/mol. The summed E-state index contributed by atoms with van der Waals surface area (Å²) in [7, 11) is 0. The van der Waals surface area contributed by atoms with Crippen molar-refractivity contribution in [1.82, 2.24) is 5.32 Å². The smallest absolute Gasteiger partial charge is 0.408 e. The number of nitrogens with one attached hydrogen (secondary N) is 1. The summed E-state index contributed by atoms with van der Waals surface area (Å²) < 4.78 is 10.5. The minimum Gasteiger partial charge on any atom is -0.464 e. The molecule has 0 aliphatic heterocycles. The number of hydrogen-bond donors (Lipinski definition) is 1. The van der Waals surface area contributed by atoms with Crippen LogP contribution in [0.25, 0.3) is 0 Å². The molecule has 0 spiro atoms. The number of carbonyl (C=O) groups excluding carboxylic acids is 3. The number of amides is 1. The highest BCUT2D eigenvalue weighted by Crippen LogP contribution is 2.37. The van der Waals surface area contributed by atoms with E-state index in [1.165, 1.54) is 0 Å². The van der Waals surface area contributed by atoms with E-state index in [1.807, 2.05) is 6.92 Å². The fourth-order valence-electron chi connectivity index (χ4n) is 2.97. The Kier molecular flexibility index (Phi) is 7.85. The normalized spacial score (nSPS) is 14.1. The van der Waals surface area contributed by atoms with Gasteiger partial charge in [0.15, 0.2) is 5.78 Å². The number of Topliss-reactive ketones (excluding diaryl/α,β-unsaturated/α-hetero) is 1. The third-order valence-electron chi connectivity index (χ3n) is 4.41. The summed E-state index contributed by atoms with van der Waals surface area (Å²) in [6.07, 6.45) is -0.812. The lowest BCUT2D eigenvalue weighted by atomic mass is 9.85. The first-order valence-electron chi connectivity index (χ1n) is 10.0. The third-order valence-corrected chi connectivity index (χ3v) is 4.95. The average molecular weight is 446 g/mol. The molecule has 6 nitrogen and oxygen atoms in total. The molecule has 2 aromatic carbocycles. The van der Waals surface area contributed by atoms with Gasteiger partial charge in [0.2, 0.25) is 4.87 Å². The van der Waals surface area contributed by atoms with E-state index in [4.69, 9.17) is 21.1 Å². The van der Waals surface area contributed by atoms with Crippen LogP contribution in [0.4, 0.5) is 4.79 Å². The maximum Gasteiger partial charge on any atom is 0.408 e. The Morgan fingerprint density at radius 3 is 2.10 bits per heavy atom. The topological polar surface area (TPSA) is 81.7 Å². The molecule has 0 saturated heterocycles. The monoisotopic (exact) mass is 445 g/mol. The van der Waals surface area contributed by atoms with Gasteiger partial charge in [-0.2, -0.15) is 0 Å². The first-order valence-corrected chi connectivity index (χ1v) is 10.4. The van der Waals surface area contributed by atoms with Gasteiger partial charge >= 0.3 is 12.1 Å². The first-order chi connectivity index (χ1) is 14.5. The van der Waals surface area contributed by atoms with Crippen molar-refractivity contribution in [2.24, 2.45) is 0 Å². The number of aryl methyl sites for hydroxylation is 1. The molecule has 1 amide bonds. The largest absolute Gasteiger partial charge is 0.464 e. The van der Waals surface area contributed by atoms with Crippen molar-refractivity contribution in [2.75, 3.05) is 6.61 Å². The number of rotatable bonds is 7. The van der Waals surface area contributed by atoms with Crippen molar-refractivity contribution >= 4 is 29.4 Å². The molecule has 0 aliphatic carbocycles. The highest BCUT2D eigenvalue weighted by atomic mass is 35.5. The van der Waals surface area contributed by atoms with Gasteiger partial charge in [0.05, 0.1) is 12.6 Å². The Labute approximate surface area is 187 Å². The van der Waals surface area contributed by atoms with Gasteiger partial charge < -0.3 is 14.8 Å². The zero-order valence-electron chi connectivity index (χ0n) is 18.4. The maximum atomic E-state index is 13.5. The molecular weight excluding hydrogens is 418 g/mol. The predicted octanol–water partition coefficient (Wildman–Crippen LogP) is 4.98. The second kappa shape index (κ2) is 9.96. The molecule has 0 bridgehead atoms. The molecule has 0 unspecified atom stereocenters. The quantitative estimate of drug-likeness (QED) is 0.281. The highest BCUT2D eigenvalue weighted by Gasteiger charge is 2.54. The number of carbonyl (C=O) groups is 3. The molecular formula is C24H28ClNO5. The second-order valence-electron chi connectivity index (χ2n) is 8.12. The highest BCUT2D eigenvalue weighted by molar-refractivity contribution is 6.48. The molecule has 0 aliphatic rings. The third kappa shape index (κ3) is 6.07. The number of alkyl carbamates (subject to hydrolysis) is 1. The number of ether oxygens (including phenoxy) is 2. The van der Waals surface area contributed by atoms with Gasteiger partial charge in [0.1, 0.15) is 5.60 Å². The van der Waals surface area contributed by atoms with Crippen LogP contribution in [0.2, 0.25) is 0 Å². The molecule has 2 atom stereocenters. The van der Waals surface area contributed by atoms with E-state index in [1.54, 1.807) is 82.3 Å². The summed E-state index contributed by atoms with van der Waals surface area (Å²) in [5.74, 6) is -1.64. The van der Waals surface area contributed by atoms with Gasteiger partial charge in [0, 0.05) is 5.56 Å². The van der Waals surface area contributed by atoms with E-state index in [9.17, 15) is 14.4 Å². The summed E-state index contributed by atoms with van der Waals surface area (Å²) >= 11 is 6.81. The molecule has 31 heavy (non-hydrogen) atoms. The van der Waals surface area contributed by atoms with Crippen LogP contribution in [0.3, 0.4) is 0 Å². The van der Waals surface area contributed by atoms with Crippen LogP contribution in [0.5, 0.6) is 0 Å². The first kappa shape index (κ1) is 24.4. The Bertz CT molecular complexity index is 921. The van der Waals surface area contributed by atoms with E-state index in [0.717, 1.165) is 5.56 Å². The molecule has 0 fully saturated rings. The van der Waals surface area contributed by atoms with Crippen LogP contribution in [0, 0.1) is 6.92 Å². The van der Waals surface area contributed by atoms with Crippen LogP contribution in [-0.4, -0.2) is 34.9 Å². The lowest BCUT2D eigenvalue weighted by Gasteiger charge is -2.33. The van der Waals surface area contributed by atoms with Crippen molar-refractivity contribution in [3.63, 3.8) is 0 Å². The van der Waals surface area contributed by atoms with E-state index < -0.39 is 34.4 Å². The number of hydrogen-bond acceptors (Lipinski definition) is 5. The summed E-state index contributed by atoms with van der Waals surface area (Å²) in [6.45, 7) is 8.66. The molecule has 0 radical (unpaired) electrons. The van der Waals surface area contributed by atoms with Gasteiger partial charge in [0.25, 0.3) is 0 Å². The van der Waals surface area contributed by atoms with Crippen molar-refractivity contribution < 1.29 is 23.9 Å². The minimum absolute atomic E-state index is 0.0163. The molecule has 2 aromatic rings. The van der Waals surface area contributed by atoms with Gasteiger partial charge in [-0.3, -0.25) is 4.79 Å². The Morgan fingerprint density at radius 2 is 1.58 bits per heavy atom. The van der Waals surface area contributed by atoms with Gasteiger partial charge in [-0.25, -0.2) is 9.59 Å². The standard InChI is InChI=1S/C24H28ClNO5/c1-6-30-21(28)24(25,20(27)18-10-8-7-9-11-18)19(17-14-12-16(2)13-15-17)26-22(29)31-23(3,4)5/h7-15,19H,6H2,1-5H3,(H,26,29)/t19-,24-/m0/s1. The average Bonchev–Trinajstić information content (AvgIpc) is 2.71. The van der Waals surface area contributed by atoms with Gasteiger partial charge in [-0.1, -0.05) is 71.8 Å². The van der Waals surface area contributed by atoms with E-state index in [2.05, 4.69) is 5.32 Å². The molecule has 166 valence electrons. The van der Waals surface area contributed by atoms with Crippen LogP contribution >= 0.6 is 11.6 Å². The van der Waals surface area contributed by atoms with Gasteiger partial charge in [-0.05, 0) is 40.2 Å². The van der Waals surface area contributed by atoms with Crippen LogP contribution < -0.4 is 5.32 Å². The number of benzene rings is 2. The number of halogens is 1. The Morgan fingerprint density at radius 1 is 1.00 bits per heavy atom. The van der Waals surface area contributed by atoms with Crippen LogP contribution in [0.1, 0.15) is 55.2 Å². The van der Waals surface area contributed by atoms with Gasteiger partial charge in [-0.15, -0.1) is 0 Å². The summed E-state index contributed by atoms with van der Waals surface area (Å²) in [4.78, 5) is 37.0. The van der Waals surface area contributed by atoms with E-state index in [0.29, 0.717) is 5.56 Å². The molecule has 2 rings (SSSR count). The Balaban J connectivity index is 2.61. The molecule has 7 heteroatoms. The van der Waals surface area contributed by atoms with Crippen molar-refractivity contribution in [3.8, 4) is 0 Å². The number of esters is 1. The molecule has 0 saturated carbocycles. The second-order valence-corrected chi connectivity index (χ2v) is 8.71. The van der Waals surface area contributed by atoms with Crippen molar-refractivity contribution in [1.29, 1.82) is 0 Å². The minimum atomic E-state index is -2.25. The summed E-state index contributed by atoms with van der Waals surface area (Å²) in [5, 5.41) is 2.63. The van der Waals surface area contributed by atoms with Crippen molar-refractivity contribution in [3.05, 3.63) is 71.3 Å². The van der Waals surface area contributed by atoms with E-state index in [-0.39, 0.29) is 12.2 Å². The fourth-order valence-corrected chi connectivity index (χ4v) is 3.32. The zero-order chi connectivity index (χ0) is 23.2. The molecule has 1 N–H and O–H groups in total. The van der Waals surface area contributed by atoms with Crippen molar-refractivity contribution in [2.45, 2.75) is 51.1 Å². The van der Waals surface area contributed by atoms with Crippen LogP contribution in [-0.2, 0) is 14.3 Å². The SMILES string of the molecule is CCOC(=O)[C@@](Cl)(C(=O)c1ccccc1)[C@@H](NC(=O)OC(C)(C)C)c1ccc(C)cc1. The molecule has 0 aromatic heterocycles. The fraction of sp³-hybridized carbons (Fsp3) is 0.375. The summed E-state index contributed by atoms with van der Waals surface area (Å²) in [5.41, 5.74) is 0.854. The molecule has 0 heterocycles. The zero-order valence-corrected chi connectivity index (χ0v) is 19.2. The van der Waals surface area contributed by atoms with Crippen LogP contribution in [0.15, 0.2) is 54.6 Å². The Hall–Kier alpha value is -2.86. The number of alkyl halides is 1. The number of ketones is 1. The lowest BCUT2D eigenvalue weighted by Crippen LogP contribution is -2.54. The van der Waals surface area contributed by atoms with E-state index >= 15 is 0 Å². The maximum absolute atomic E-state index is 13.5.